The molecule has 0 aliphatic carbocycles. The zero-order chi connectivity index (χ0) is 4.83. The fourth-order valence-corrected chi connectivity index (χ4v) is 0. The van der Waals surface area contributed by atoms with Gasteiger partial charge in [-0.05, 0) is 13.1 Å². The molecule has 0 bridgehead atoms. The van der Waals surface area contributed by atoms with Crippen molar-refractivity contribution in [1.29, 1.82) is 0 Å². The van der Waals surface area contributed by atoms with Crippen LogP contribution in [0.3, 0.4) is 0 Å². The molecule has 0 atom stereocenters. The monoisotopic (exact) mass is 54.0 g/mol. The van der Waals surface area contributed by atoms with Crippen molar-refractivity contribution in [3.63, 3.8) is 0 Å². The molecule has 0 saturated heterocycles. The summed E-state index contributed by atoms with van der Waals surface area (Å²) in [6.45, 7) is 1.90. The number of hydrogen-bond acceptors (Lipinski definition) is 0. The summed E-state index contributed by atoms with van der Waals surface area (Å²) in [7, 11) is 0. The second-order valence-corrected chi connectivity index (χ2v) is 0.289. The van der Waals surface area contributed by atoms with Crippen LogP contribution in [0.4, 0.5) is 0 Å². The molecule has 0 amide bonds. The standard InChI is InChI=1S/C4H4/c1-3-4-2/h1-2H2/i1D,2D. The van der Waals surface area contributed by atoms with Gasteiger partial charge in [0.15, 0.2) is 0 Å². The Balaban J connectivity index is 3.79. The van der Waals surface area contributed by atoms with Gasteiger partial charge in [0.2, 0.25) is 0 Å². The van der Waals surface area contributed by atoms with E-state index in [0.29, 0.717) is 0 Å². The largest absolute Gasteiger partial charge is 0.0788 e. The molecule has 0 radical (unpaired) electrons. The van der Waals surface area contributed by atoms with Crippen molar-refractivity contribution < 1.29 is 2.74 Å². The molecule has 0 N–H and O–H groups in total. The van der Waals surface area contributed by atoms with Crippen LogP contribution in [0, 0.1) is 0 Å². The summed E-state index contributed by atoms with van der Waals surface area (Å²) in [4.78, 5) is 0. The topological polar surface area (TPSA) is 0 Å². The van der Waals surface area contributed by atoms with Crippen LogP contribution in [0.1, 0.15) is 2.74 Å². The van der Waals surface area contributed by atoms with Gasteiger partial charge in [-0.2, -0.15) is 0 Å². The van der Waals surface area contributed by atoms with Crippen LogP contribution in [0.25, 0.3) is 0 Å². The summed E-state index contributed by atoms with van der Waals surface area (Å²) < 4.78 is 12.6. The van der Waals surface area contributed by atoms with Crippen LogP contribution in [0.2, 0.25) is 0 Å². The maximum Gasteiger partial charge on any atom is 0.0634 e. The smallest absolute Gasteiger partial charge is 0.0634 e. The normalized spacial score (nSPS) is 8.00. The minimum Gasteiger partial charge on any atom is -0.0788 e. The first-order valence-corrected chi connectivity index (χ1v) is 0.827. The van der Waals surface area contributed by atoms with Gasteiger partial charge in [-0.3, -0.25) is 0 Å². The highest BCUT2D eigenvalue weighted by Crippen LogP contribution is 1.30. The van der Waals surface area contributed by atoms with E-state index in [2.05, 4.69) is 11.5 Å². The summed E-state index contributed by atoms with van der Waals surface area (Å²) in [5.74, 6) is 0. The Morgan fingerprint density at radius 1 is 1.50 bits per heavy atom. The predicted molar refractivity (Wildman–Crippen MR) is 18.3 cm³/mol. The molecular weight excluding hydrogens is 48.0 g/mol. The fourth-order valence-electron chi connectivity index (χ4n) is 0. The third-order valence-corrected chi connectivity index (χ3v) is 0.0833. The van der Waals surface area contributed by atoms with Crippen LogP contribution in [-0.2, 0) is 0 Å². The van der Waals surface area contributed by atoms with Gasteiger partial charge < -0.3 is 0 Å². The molecule has 0 aliphatic heterocycles. The zero-order valence-electron chi connectivity index (χ0n) is 4.15. The van der Waals surface area contributed by atoms with Crippen molar-refractivity contribution >= 4 is 0 Å². The lowest BCUT2D eigenvalue weighted by molar-refractivity contribution is 2.37. The first-order chi connectivity index (χ1) is 2.91. The minimum absolute atomic E-state index is 0.949. The van der Waals surface area contributed by atoms with Gasteiger partial charge in [-0.25, -0.2) is 0 Å². The molecular formula is C4H4. The maximum atomic E-state index is 6.30. The third kappa shape index (κ3) is 1.30. The molecule has 0 aromatic carbocycles. The molecule has 0 fully saturated rings. The summed E-state index contributed by atoms with van der Waals surface area (Å²) in [5.41, 5.74) is 4.49. The highest BCUT2D eigenvalue weighted by molar-refractivity contribution is 4.66. The Labute approximate surface area is 28.6 Å². The quantitative estimate of drug-likeness (QED) is 0.363. The van der Waals surface area contributed by atoms with Gasteiger partial charge in [-0.15, -0.1) is 0 Å². The fraction of sp³-hybridized carbons (Fsp3) is 0. The van der Waals surface area contributed by atoms with Gasteiger partial charge in [0.05, 0.1) is 2.74 Å². The van der Waals surface area contributed by atoms with Crippen molar-refractivity contribution in [2.45, 2.75) is 0 Å². The Morgan fingerprint density at radius 3 is 2.25 bits per heavy atom. The zero-order valence-corrected chi connectivity index (χ0v) is 2.15. The summed E-state index contributed by atoms with van der Waals surface area (Å²) in [5, 5.41) is 0. The van der Waals surface area contributed by atoms with Gasteiger partial charge in [0.25, 0.3) is 0 Å². The van der Waals surface area contributed by atoms with Crippen molar-refractivity contribution in [2.24, 2.45) is 0 Å². The summed E-state index contributed by atoms with van der Waals surface area (Å²) >= 11 is 0. The second kappa shape index (κ2) is 2.30. The van der Waals surface area contributed by atoms with E-state index in [1.807, 2.05) is 0 Å². The SMILES string of the molecule is [2H]C=C=C=C[2H]. The Hall–Kier alpha value is -0.700. The van der Waals surface area contributed by atoms with Gasteiger partial charge in [0.1, 0.15) is 0 Å². The average molecular weight is 54.1 g/mol. The Morgan fingerprint density at radius 2 is 2.00 bits per heavy atom. The molecule has 0 aromatic rings. The molecule has 0 heteroatoms. The van der Waals surface area contributed by atoms with Gasteiger partial charge in [-0.1, -0.05) is 11.5 Å². The van der Waals surface area contributed by atoms with Crippen molar-refractivity contribution in [1.82, 2.24) is 0 Å². The minimum atomic E-state index is 0.949. The van der Waals surface area contributed by atoms with E-state index in [0.717, 1.165) is 13.1 Å². The summed E-state index contributed by atoms with van der Waals surface area (Å²) in [6, 6.07) is 0. The van der Waals surface area contributed by atoms with E-state index in [1.165, 1.54) is 0 Å². The first-order valence-electron chi connectivity index (χ1n) is 1.98. The lowest BCUT2D eigenvalue weighted by Gasteiger charge is -1.21. The van der Waals surface area contributed by atoms with Crippen LogP contribution in [0.15, 0.2) is 24.6 Å². The van der Waals surface area contributed by atoms with E-state index in [1.54, 1.807) is 0 Å². The van der Waals surface area contributed by atoms with Crippen molar-refractivity contribution in [3.05, 3.63) is 24.6 Å². The molecule has 0 unspecified atom stereocenters. The van der Waals surface area contributed by atoms with Crippen LogP contribution < -0.4 is 0 Å². The van der Waals surface area contributed by atoms with Crippen molar-refractivity contribution in [2.75, 3.05) is 0 Å². The maximum absolute atomic E-state index is 6.30. The molecule has 4 heavy (non-hydrogen) atoms. The van der Waals surface area contributed by atoms with E-state index >= 15 is 0 Å². The second-order valence-electron chi connectivity index (χ2n) is 0.289. The van der Waals surface area contributed by atoms with Crippen LogP contribution in [0.5, 0.6) is 0 Å². The molecule has 0 rings (SSSR count). The van der Waals surface area contributed by atoms with Crippen LogP contribution >= 0.6 is 0 Å². The average Bonchev–Trinajstić information content (AvgIpc) is 1.61. The summed E-state index contributed by atoms with van der Waals surface area (Å²) in [6.07, 6.45) is 0. The van der Waals surface area contributed by atoms with E-state index in [9.17, 15) is 0 Å². The number of rotatable bonds is 0. The van der Waals surface area contributed by atoms with E-state index < -0.39 is 0 Å². The van der Waals surface area contributed by atoms with Gasteiger partial charge in [0, 0.05) is 0 Å². The molecule has 0 nitrogen and oxygen atoms in total. The van der Waals surface area contributed by atoms with E-state index in [4.69, 9.17) is 2.74 Å². The molecule has 0 saturated carbocycles. The Bertz CT molecular complexity index is 88.7. The highest BCUT2D eigenvalue weighted by atomic mass is 13.2. The van der Waals surface area contributed by atoms with Gasteiger partial charge >= 0.3 is 0 Å². The molecule has 0 spiro atoms. The molecule has 0 aliphatic rings. The van der Waals surface area contributed by atoms with Crippen LogP contribution in [-0.4, -0.2) is 0 Å². The third-order valence-electron chi connectivity index (χ3n) is 0.0833. The molecule has 0 aromatic heterocycles. The van der Waals surface area contributed by atoms with Crippen molar-refractivity contribution in [3.8, 4) is 0 Å². The first kappa shape index (κ1) is 0.944. The Kier molecular flexibility index (Phi) is 0.543. The van der Waals surface area contributed by atoms with E-state index in [-0.39, 0.29) is 0 Å². The lowest BCUT2D eigenvalue weighted by Crippen LogP contribution is -0.988. The molecule has 0 heterocycles. The number of hydrogen-bond donors (Lipinski definition) is 0. The lowest BCUT2D eigenvalue weighted by atomic mass is 10.9. The highest BCUT2D eigenvalue weighted by Gasteiger charge is 1.08. The molecule has 20 valence electrons. The predicted octanol–water partition coefficient (Wildman–Crippen LogP) is 1.11.